The van der Waals surface area contributed by atoms with Gasteiger partial charge in [-0.15, -0.1) is 0 Å². The third kappa shape index (κ3) is 4.34. The van der Waals surface area contributed by atoms with Gasteiger partial charge in [-0.25, -0.2) is 17.6 Å². The van der Waals surface area contributed by atoms with Crippen molar-refractivity contribution >= 4 is 28.0 Å². The molecule has 0 heterocycles. The fourth-order valence-corrected chi connectivity index (χ4v) is 4.16. The quantitative estimate of drug-likeness (QED) is 0.329. The molecule has 0 nitrogen and oxygen atoms in total. The molecule has 4 rings (SSSR count). The van der Waals surface area contributed by atoms with Gasteiger partial charge in [0.15, 0.2) is 0 Å². The van der Waals surface area contributed by atoms with Crippen molar-refractivity contribution < 1.29 is 68.9 Å². The van der Waals surface area contributed by atoms with Crippen molar-refractivity contribution in [3.05, 3.63) is 120 Å². The van der Waals surface area contributed by atoms with Gasteiger partial charge in [0.2, 0.25) is 0 Å². The zero-order valence-electron chi connectivity index (χ0n) is 16.3. The predicted molar refractivity (Wildman–Crippen MR) is 110 cm³/mol. The number of halogens is 4. The van der Waals surface area contributed by atoms with Crippen LogP contribution in [0.1, 0.15) is 0 Å². The maximum absolute atomic E-state index is 13.7. The predicted octanol–water partition coefficient (Wildman–Crippen LogP) is 0.624. The van der Waals surface area contributed by atoms with Gasteiger partial charge in [-0.3, -0.25) is 0 Å². The largest absolute Gasteiger partial charge is 1.00 e. The maximum Gasteiger partial charge on any atom is 1.00 e. The number of benzene rings is 4. The molecule has 0 fully saturated rings. The summed E-state index contributed by atoms with van der Waals surface area (Å²) < 4.78 is 54.8. The van der Waals surface area contributed by atoms with Crippen LogP contribution in [0, 0.1) is 23.3 Å². The Morgan fingerprint density at radius 3 is 0.667 bits per heavy atom. The van der Waals surface area contributed by atoms with Crippen LogP contribution in [0.5, 0.6) is 0 Å². The number of hydrogen-bond donors (Lipinski definition) is 0. The zero-order chi connectivity index (χ0) is 20.4. The third-order valence-electron chi connectivity index (χ3n) is 5.48. The number of rotatable bonds is 4. The summed E-state index contributed by atoms with van der Waals surface area (Å²) in [5.74, 6) is -1.57. The van der Waals surface area contributed by atoms with Crippen LogP contribution < -0.4 is 73.2 Å². The van der Waals surface area contributed by atoms with Crippen LogP contribution in [0.4, 0.5) is 17.6 Å². The van der Waals surface area contributed by atoms with Crippen LogP contribution in [-0.4, -0.2) is 6.15 Å². The van der Waals surface area contributed by atoms with Crippen LogP contribution in [0.15, 0.2) is 97.1 Å². The Labute approximate surface area is 215 Å². The Bertz CT molecular complexity index is 922. The second-order valence-corrected chi connectivity index (χ2v) is 7.07. The van der Waals surface area contributed by atoms with Gasteiger partial charge in [0, 0.05) is 0 Å². The second kappa shape index (κ2) is 9.62. The van der Waals surface area contributed by atoms with Crippen LogP contribution >= 0.6 is 0 Å². The Kier molecular flexibility index (Phi) is 7.37. The van der Waals surface area contributed by atoms with E-state index in [4.69, 9.17) is 0 Å². The summed E-state index contributed by atoms with van der Waals surface area (Å²) in [5.41, 5.74) is 2.99. The Balaban J connectivity index is 0.00000256. The second-order valence-electron chi connectivity index (χ2n) is 7.07. The SMILES string of the molecule is Fc1ccc([B-](c2ccc(F)cc2)(c2ccc(F)cc2)c2ccc(F)cc2)cc1.[K+]. The van der Waals surface area contributed by atoms with Gasteiger partial charge in [0.1, 0.15) is 29.4 Å². The standard InChI is InChI=1S/C24H16BF4.K/c26-21-9-1-17(2-10-21)25(18-3-11-22(27)12-4-18,19-5-13-23(28)14-6-19)20-7-15-24(29)16-8-20;/h1-16H;/q-1;+1. The summed E-state index contributed by atoms with van der Waals surface area (Å²) in [5, 5.41) is 0. The molecule has 30 heavy (non-hydrogen) atoms. The molecule has 0 radical (unpaired) electrons. The molecule has 0 unspecified atom stereocenters. The third-order valence-corrected chi connectivity index (χ3v) is 5.48. The molecule has 0 saturated carbocycles. The Morgan fingerprint density at radius 2 is 0.500 bits per heavy atom. The van der Waals surface area contributed by atoms with Crippen molar-refractivity contribution in [1.82, 2.24) is 0 Å². The zero-order valence-corrected chi connectivity index (χ0v) is 19.4. The molecule has 4 aromatic rings. The van der Waals surface area contributed by atoms with E-state index in [1.54, 1.807) is 48.5 Å². The van der Waals surface area contributed by atoms with Crippen molar-refractivity contribution in [3.63, 3.8) is 0 Å². The monoisotopic (exact) mass is 430 g/mol. The Hall–Kier alpha value is -1.70. The van der Waals surface area contributed by atoms with E-state index < -0.39 is 29.4 Å². The van der Waals surface area contributed by atoms with Crippen LogP contribution in [0.25, 0.3) is 0 Å². The van der Waals surface area contributed by atoms with Crippen molar-refractivity contribution in [2.45, 2.75) is 0 Å². The summed E-state index contributed by atoms with van der Waals surface area (Å²) in [6.07, 6.45) is -1.94. The van der Waals surface area contributed by atoms with Crippen molar-refractivity contribution in [1.29, 1.82) is 0 Å². The van der Waals surface area contributed by atoms with Gasteiger partial charge in [-0.05, 0) is 48.5 Å². The minimum atomic E-state index is -1.94. The first-order valence-electron chi connectivity index (χ1n) is 9.20. The minimum absolute atomic E-state index is 0. The first-order valence-corrected chi connectivity index (χ1v) is 9.20. The van der Waals surface area contributed by atoms with Crippen molar-refractivity contribution in [2.75, 3.05) is 0 Å². The summed E-state index contributed by atoms with van der Waals surface area (Å²) in [6, 6.07) is 24.1. The first-order chi connectivity index (χ1) is 14.0. The first kappa shape index (κ1) is 23.0. The number of hydrogen-bond acceptors (Lipinski definition) is 0. The maximum atomic E-state index is 13.7. The fraction of sp³-hybridized carbons (Fsp3) is 0. The van der Waals surface area contributed by atoms with E-state index in [9.17, 15) is 17.6 Å². The van der Waals surface area contributed by atoms with Gasteiger partial charge in [-0.1, -0.05) is 48.5 Å². The summed E-state index contributed by atoms with van der Waals surface area (Å²) in [6.45, 7) is 0. The molecular formula is C24H16BF4K. The minimum Gasteiger partial charge on any atom is -0.207 e. The molecule has 6 heteroatoms. The van der Waals surface area contributed by atoms with E-state index in [2.05, 4.69) is 0 Å². The smallest absolute Gasteiger partial charge is 0.207 e. The molecule has 0 aliphatic rings. The van der Waals surface area contributed by atoms with Crippen molar-refractivity contribution in [3.8, 4) is 0 Å². The summed E-state index contributed by atoms with van der Waals surface area (Å²) in [4.78, 5) is 0. The molecular weight excluding hydrogens is 414 g/mol. The molecule has 0 saturated heterocycles. The van der Waals surface area contributed by atoms with Crippen molar-refractivity contribution in [2.24, 2.45) is 0 Å². The molecule has 0 aliphatic carbocycles. The molecule has 0 spiro atoms. The van der Waals surface area contributed by atoms with E-state index >= 15 is 0 Å². The summed E-state index contributed by atoms with van der Waals surface area (Å²) >= 11 is 0. The van der Waals surface area contributed by atoms with Gasteiger partial charge in [0.25, 0.3) is 0 Å². The topological polar surface area (TPSA) is 0 Å². The van der Waals surface area contributed by atoms with E-state index in [0.29, 0.717) is 0 Å². The molecule has 0 aromatic heterocycles. The Morgan fingerprint density at radius 1 is 0.333 bits per heavy atom. The van der Waals surface area contributed by atoms with E-state index in [0.717, 1.165) is 21.9 Å². The normalized spacial score (nSPS) is 11.1. The fourth-order valence-electron chi connectivity index (χ4n) is 4.16. The summed E-state index contributed by atoms with van der Waals surface area (Å²) in [7, 11) is 0. The molecule has 0 aliphatic heterocycles. The molecule has 0 bridgehead atoms. The van der Waals surface area contributed by atoms with Gasteiger partial charge < -0.3 is 0 Å². The molecule has 0 amide bonds. The van der Waals surface area contributed by atoms with E-state index in [-0.39, 0.29) is 51.4 Å². The van der Waals surface area contributed by atoms with Crippen LogP contribution in [0.2, 0.25) is 0 Å². The van der Waals surface area contributed by atoms with Gasteiger partial charge in [-0.2, -0.15) is 21.9 Å². The van der Waals surface area contributed by atoms with Gasteiger partial charge in [0.05, 0.1) is 0 Å². The van der Waals surface area contributed by atoms with Gasteiger partial charge >= 0.3 is 51.4 Å². The van der Waals surface area contributed by atoms with Crippen LogP contribution in [0.3, 0.4) is 0 Å². The molecule has 144 valence electrons. The van der Waals surface area contributed by atoms with E-state index in [1.807, 2.05) is 0 Å². The van der Waals surface area contributed by atoms with E-state index in [1.165, 1.54) is 48.5 Å². The molecule has 0 atom stereocenters. The molecule has 4 aromatic carbocycles. The molecule has 0 N–H and O–H groups in total. The average Bonchev–Trinajstić information content (AvgIpc) is 2.73. The average molecular weight is 430 g/mol. The van der Waals surface area contributed by atoms with Crippen LogP contribution in [-0.2, 0) is 0 Å².